The fraction of sp³-hybridized carbons (Fsp3) is 0.400. The maximum absolute atomic E-state index is 13.5. The van der Waals surface area contributed by atoms with E-state index in [4.69, 9.17) is 9.47 Å². The normalized spacial score (nSPS) is 20.4. The summed E-state index contributed by atoms with van der Waals surface area (Å²) < 4.78 is 10.9. The lowest BCUT2D eigenvalue weighted by Gasteiger charge is -2.47. The molecule has 7 heteroatoms. The van der Waals surface area contributed by atoms with Gasteiger partial charge in [-0.25, -0.2) is 4.79 Å². The molecule has 2 aromatic carbocycles. The standard InChI is InChI=1S/C25H30N2O5/c1-17(22-13-9-6-10-14-22)26-16-27(25(30)31-15-21-11-7-5-8-12-21)18(2)23(24(26)29)19(3)32-20(4)28/h5-14,17-19,23H,15-16H2,1-4H3/t17-,18+,19+,23-/m0/s1. The van der Waals surface area contributed by atoms with Crippen LogP contribution in [0.2, 0.25) is 0 Å². The van der Waals surface area contributed by atoms with Gasteiger partial charge in [0.15, 0.2) is 0 Å². The zero-order valence-electron chi connectivity index (χ0n) is 18.9. The highest BCUT2D eigenvalue weighted by atomic mass is 16.6. The number of hydrogen-bond acceptors (Lipinski definition) is 5. The van der Waals surface area contributed by atoms with Gasteiger partial charge in [0.25, 0.3) is 0 Å². The van der Waals surface area contributed by atoms with Gasteiger partial charge >= 0.3 is 12.1 Å². The SMILES string of the molecule is CC(=O)O[C@H](C)[C@H]1C(=O)N([C@@H](C)c2ccccc2)CN(C(=O)OCc2ccccc2)[C@@H]1C. The van der Waals surface area contributed by atoms with E-state index in [1.807, 2.05) is 67.6 Å². The second-order valence-corrected chi connectivity index (χ2v) is 8.13. The predicted octanol–water partition coefficient (Wildman–Crippen LogP) is 4.14. The highest BCUT2D eigenvalue weighted by Gasteiger charge is 2.46. The van der Waals surface area contributed by atoms with Crippen molar-refractivity contribution in [2.75, 3.05) is 6.67 Å². The van der Waals surface area contributed by atoms with E-state index >= 15 is 0 Å². The smallest absolute Gasteiger partial charge is 0.411 e. The monoisotopic (exact) mass is 438 g/mol. The van der Waals surface area contributed by atoms with E-state index in [0.717, 1.165) is 11.1 Å². The van der Waals surface area contributed by atoms with E-state index in [1.165, 1.54) is 11.8 Å². The molecule has 1 saturated heterocycles. The average molecular weight is 439 g/mol. The molecule has 1 aliphatic heterocycles. The Morgan fingerprint density at radius 3 is 2.22 bits per heavy atom. The number of amides is 2. The Bertz CT molecular complexity index is 934. The summed E-state index contributed by atoms with van der Waals surface area (Å²) in [7, 11) is 0. The van der Waals surface area contributed by atoms with Crippen LogP contribution in [0.25, 0.3) is 0 Å². The molecule has 2 aromatic rings. The first-order valence-corrected chi connectivity index (χ1v) is 10.8. The van der Waals surface area contributed by atoms with Crippen LogP contribution >= 0.6 is 0 Å². The number of carbonyl (C=O) groups excluding carboxylic acids is 3. The Kier molecular flexibility index (Phi) is 7.51. The lowest BCUT2D eigenvalue weighted by Crippen LogP contribution is -2.62. The second-order valence-electron chi connectivity index (χ2n) is 8.13. The average Bonchev–Trinajstić information content (AvgIpc) is 2.78. The number of carbonyl (C=O) groups is 3. The van der Waals surface area contributed by atoms with E-state index in [0.29, 0.717) is 0 Å². The summed E-state index contributed by atoms with van der Waals surface area (Å²) in [5.41, 5.74) is 1.83. The summed E-state index contributed by atoms with van der Waals surface area (Å²) in [6, 6.07) is 18.3. The van der Waals surface area contributed by atoms with Crippen LogP contribution in [-0.2, 0) is 25.7 Å². The third-order valence-electron chi connectivity index (χ3n) is 5.93. The summed E-state index contributed by atoms with van der Waals surface area (Å²) >= 11 is 0. The summed E-state index contributed by atoms with van der Waals surface area (Å²) in [5, 5.41) is 0. The molecule has 170 valence electrons. The molecule has 3 rings (SSSR count). The van der Waals surface area contributed by atoms with Crippen LogP contribution in [0.4, 0.5) is 4.79 Å². The molecule has 2 amide bonds. The van der Waals surface area contributed by atoms with Crippen molar-refractivity contribution in [1.29, 1.82) is 0 Å². The molecular weight excluding hydrogens is 408 g/mol. The Labute approximate surface area is 188 Å². The zero-order valence-corrected chi connectivity index (χ0v) is 18.9. The van der Waals surface area contributed by atoms with Gasteiger partial charge in [0.1, 0.15) is 12.7 Å². The van der Waals surface area contributed by atoms with Crippen molar-refractivity contribution in [3.05, 3.63) is 71.8 Å². The maximum Gasteiger partial charge on any atom is 0.411 e. The number of ether oxygens (including phenoxy) is 2. The van der Waals surface area contributed by atoms with Crippen molar-refractivity contribution in [1.82, 2.24) is 9.80 Å². The third kappa shape index (κ3) is 5.28. The molecule has 0 saturated carbocycles. The van der Waals surface area contributed by atoms with Crippen LogP contribution in [0, 0.1) is 5.92 Å². The largest absolute Gasteiger partial charge is 0.462 e. The summed E-state index contributed by atoms with van der Waals surface area (Å²) in [6.45, 7) is 6.93. The van der Waals surface area contributed by atoms with E-state index in [1.54, 1.807) is 18.7 Å². The first-order chi connectivity index (χ1) is 15.3. The van der Waals surface area contributed by atoms with Gasteiger partial charge in [-0.1, -0.05) is 60.7 Å². The summed E-state index contributed by atoms with van der Waals surface area (Å²) in [5.74, 6) is -1.33. The maximum atomic E-state index is 13.5. The molecule has 7 nitrogen and oxygen atoms in total. The Morgan fingerprint density at radius 1 is 1.03 bits per heavy atom. The zero-order chi connectivity index (χ0) is 23.3. The Hall–Kier alpha value is -3.35. The van der Waals surface area contributed by atoms with Gasteiger partial charge in [-0.05, 0) is 31.9 Å². The molecule has 0 radical (unpaired) electrons. The predicted molar refractivity (Wildman–Crippen MR) is 119 cm³/mol. The number of benzene rings is 2. The second kappa shape index (κ2) is 10.3. The van der Waals surface area contributed by atoms with Crippen LogP contribution in [0.5, 0.6) is 0 Å². The number of esters is 1. The molecule has 0 bridgehead atoms. The van der Waals surface area contributed by atoms with Crippen molar-refractivity contribution in [2.45, 2.75) is 52.5 Å². The van der Waals surface area contributed by atoms with Gasteiger partial charge in [-0.15, -0.1) is 0 Å². The van der Waals surface area contributed by atoms with Crippen LogP contribution < -0.4 is 0 Å². The number of rotatable bonds is 6. The van der Waals surface area contributed by atoms with E-state index < -0.39 is 30.1 Å². The minimum Gasteiger partial charge on any atom is -0.462 e. The molecule has 32 heavy (non-hydrogen) atoms. The number of hydrogen-bond donors (Lipinski definition) is 0. The molecule has 1 fully saturated rings. The molecule has 1 aliphatic rings. The quantitative estimate of drug-likeness (QED) is 0.634. The van der Waals surface area contributed by atoms with Gasteiger partial charge in [0, 0.05) is 13.0 Å². The van der Waals surface area contributed by atoms with Crippen molar-refractivity contribution < 1.29 is 23.9 Å². The van der Waals surface area contributed by atoms with Crippen molar-refractivity contribution in [2.24, 2.45) is 5.92 Å². The molecular formula is C25H30N2O5. The van der Waals surface area contributed by atoms with Crippen LogP contribution in [0.15, 0.2) is 60.7 Å². The van der Waals surface area contributed by atoms with Gasteiger partial charge in [-0.2, -0.15) is 0 Å². The minimum absolute atomic E-state index is 0.0903. The first kappa shape index (κ1) is 23.3. The highest BCUT2D eigenvalue weighted by molar-refractivity contribution is 5.84. The third-order valence-corrected chi connectivity index (χ3v) is 5.93. The Morgan fingerprint density at radius 2 is 1.62 bits per heavy atom. The van der Waals surface area contributed by atoms with Gasteiger partial charge in [0.2, 0.25) is 5.91 Å². The number of nitrogens with zero attached hydrogens (tertiary/aromatic N) is 2. The van der Waals surface area contributed by atoms with E-state index in [-0.39, 0.29) is 25.2 Å². The van der Waals surface area contributed by atoms with Crippen molar-refractivity contribution in [3.63, 3.8) is 0 Å². The lowest BCUT2D eigenvalue weighted by atomic mass is 9.89. The van der Waals surface area contributed by atoms with Gasteiger partial charge in [0.05, 0.1) is 18.6 Å². The van der Waals surface area contributed by atoms with Crippen LogP contribution in [-0.4, -0.2) is 46.6 Å². The first-order valence-electron chi connectivity index (χ1n) is 10.8. The van der Waals surface area contributed by atoms with Crippen molar-refractivity contribution in [3.8, 4) is 0 Å². The van der Waals surface area contributed by atoms with Crippen molar-refractivity contribution >= 4 is 18.0 Å². The molecule has 1 heterocycles. The topological polar surface area (TPSA) is 76.2 Å². The minimum atomic E-state index is -0.705. The van der Waals surface area contributed by atoms with Gasteiger partial charge < -0.3 is 14.4 Å². The fourth-order valence-electron chi connectivity index (χ4n) is 4.13. The molecule has 0 N–H and O–H groups in total. The summed E-state index contributed by atoms with van der Waals surface area (Å²) in [4.78, 5) is 41.3. The summed E-state index contributed by atoms with van der Waals surface area (Å²) in [6.07, 6.45) is -1.20. The van der Waals surface area contributed by atoms with Crippen LogP contribution in [0.3, 0.4) is 0 Å². The fourth-order valence-corrected chi connectivity index (χ4v) is 4.13. The Balaban J connectivity index is 1.85. The molecule has 0 aliphatic carbocycles. The highest BCUT2D eigenvalue weighted by Crippen LogP contribution is 2.32. The molecule has 0 unspecified atom stereocenters. The van der Waals surface area contributed by atoms with E-state index in [2.05, 4.69) is 0 Å². The molecule has 4 atom stereocenters. The molecule has 0 aromatic heterocycles. The molecule has 0 spiro atoms. The lowest BCUT2D eigenvalue weighted by molar-refractivity contribution is -0.164. The van der Waals surface area contributed by atoms with E-state index in [9.17, 15) is 14.4 Å². The van der Waals surface area contributed by atoms with Gasteiger partial charge in [-0.3, -0.25) is 14.5 Å². The van der Waals surface area contributed by atoms with Crippen LogP contribution in [0.1, 0.15) is 44.9 Å².